The summed E-state index contributed by atoms with van der Waals surface area (Å²) in [5.74, 6) is -1.88. The number of likely N-dealkylation sites (N-methyl/N-ethyl adjacent to an activating group) is 1. The zero-order valence-corrected chi connectivity index (χ0v) is 32.8. The molecule has 1 heterocycles. The number of hydrogen-bond donors (Lipinski definition) is 4. The second kappa shape index (κ2) is 14.4. The number of carbonyl (C=O) groups excluding carboxylic acids is 5. The van der Waals surface area contributed by atoms with Crippen LogP contribution in [0.25, 0.3) is 0 Å². The SMILES string of the molecule is CCNC(=O)C(=O)[C@H](CCC1CC1)NC(=O)[C@@H]1[C@@H]2[C@H](CN1C(=O)[C@@H](NC(=O)NC1([C@H](C)S(=O)(=O)C(C)(C)C)CCCCC1)C(C)(C)C)C2(C)C. The van der Waals surface area contributed by atoms with Crippen molar-refractivity contribution in [2.45, 2.75) is 161 Å². The lowest BCUT2D eigenvalue weighted by Gasteiger charge is -2.45. The second-order valence-electron chi connectivity index (χ2n) is 18.1. The van der Waals surface area contributed by atoms with Gasteiger partial charge in [-0.1, -0.05) is 66.7 Å². The van der Waals surface area contributed by atoms with Gasteiger partial charge in [0.2, 0.25) is 17.6 Å². The van der Waals surface area contributed by atoms with Gasteiger partial charge in [0, 0.05) is 13.1 Å². The minimum absolute atomic E-state index is 0.0645. The Morgan fingerprint density at radius 1 is 0.920 bits per heavy atom. The van der Waals surface area contributed by atoms with Gasteiger partial charge in [0.15, 0.2) is 9.84 Å². The molecular weight excluding hydrogens is 659 g/mol. The zero-order chi connectivity index (χ0) is 37.6. The summed E-state index contributed by atoms with van der Waals surface area (Å²) in [6, 6.07) is -3.51. The maximum Gasteiger partial charge on any atom is 0.315 e. The van der Waals surface area contributed by atoms with Crippen molar-refractivity contribution in [1.29, 1.82) is 0 Å². The van der Waals surface area contributed by atoms with Crippen LogP contribution in [0.15, 0.2) is 0 Å². The predicted molar refractivity (Wildman–Crippen MR) is 193 cm³/mol. The molecule has 0 radical (unpaired) electrons. The third kappa shape index (κ3) is 8.17. The van der Waals surface area contributed by atoms with E-state index in [-0.39, 0.29) is 23.8 Å². The summed E-state index contributed by atoms with van der Waals surface area (Å²) >= 11 is 0. The van der Waals surface area contributed by atoms with E-state index in [0.717, 1.165) is 38.5 Å². The van der Waals surface area contributed by atoms with Gasteiger partial charge in [0.25, 0.3) is 5.91 Å². The molecule has 0 aromatic heterocycles. The molecule has 5 amide bonds. The van der Waals surface area contributed by atoms with Gasteiger partial charge in [-0.2, -0.15) is 0 Å². The maximum atomic E-state index is 14.5. The lowest BCUT2D eigenvalue weighted by atomic mass is 9.79. The normalized spacial score (nSPS) is 26.1. The van der Waals surface area contributed by atoms with Gasteiger partial charge in [-0.3, -0.25) is 19.2 Å². The summed E-state index contributed by atoms with van der Waals surface area (Å²) in [5.41, 5.74) is -1.95. The third-order valence-electron chi connectivity index (χ3n) is 12.1. The summed E-state index contributed by atoms with van der Waals surface area (Å²) < 4.78 is 26.3. The van der Waals surface area contributed by atoms with Crippen LogP contribution in [0, 0.1) is 28.6 Å². The van der Waals surface area contributed by atoms with Gasteiger partial charge in [-0.05, 0) is 88.9 Å². The summed E-state index contributed by atoms with van der Waals surface area (Å²) in [7, 11) is -3.64. The number of fused-ring (bicyclic) bond motifs is 1. The number of nitrogens with zero attached hydrogens (tertiary/aromatic N) is 1. The minimum Gasteiger partial charge on any atom is -0.350 e. The van der Waals surface area contributed by atoms with E-state index in [1.165, 1.54) is 0 Å². The standard InChI is InChI=1S/C37H63N5O7S/c1-11-38-31(45)28(43)25(18-17-23-15-16-23)39-30(44)27-26-24(36(26,9)10)21-42(27)32(46)29(34(3,4)5)40-33(47)41-37(19-13-12-14-20-37)22(2)50(48,49)35(6,7)8/h22-27,29H,11-21H2,1-10H3,(H,38,45)(H,39,44)(H2,40,41,47)/t22-,24-,25-,26-,27-,29+/m0/s1. The first kappa shape index (κ1) is 40.1. The molecule has 0 bridgehead atoms. The van der Waals surface area contributed by atoms with Gasteiger partial charge in [-0.25, -0.2) is 13.2 Å². The molecule has 4 fully saturated rings. The number of piperidine rings is 1. The van der Waals surface area contributed by atoms with E-state index < -0.39 is 78.4 Å². The number of amides is 5. The first-order valence-electron chi connectivity index (χ1n) is 18.7. The number of rotatable bonds is 13. The quantitative estimate of drug-likeness (QED) is 0.209. The predicted octanol–water partition coefficient (Wildman–Crippen LogP) is 3.87. The highest BCUT2D eigenvalue weighted by molar-refractivity contribution is 7.93. The Labute approximate surface area is 299 Å². The van der Waals surface area contributed by atoms with Crippen molar-refractivity contribution in [3.8, 4) is 0 Å². The molecule has 1 saturated heterocycles. The number of urea groups is 1. The largest absolute Gasteiger partial charge is 0.350 e. The van der Waals surface area contributed by atoms with Crippen molar-refractivity contribution in [3.63, 3.8) is 0 Å². The van der Waals surface area contributed by atoms with Gasteiger partial charge in [0.1, 0.15) is 12.1 Å². The molecule has 0 aromatic carbocycles. The molecule has 284 valence electrons. The van der Waals surface area contributed by atoms with Crippen LogP contribution in [0.4, 0.5) is 4.79 Å². The highest BCUT2D eigenvalue weighted by Crippen LogP contribution is 2.65. The van der Waals surface area contributed by atoms with Crippen molar-refractivity contribution in [2.75, 3.05) is 13.1 Å². The minimum atomic E-state index is -3.64. The van der Waals surface area contributed by atoms with Crippen molar-refractivity contribution >= 4 is 39.4 Å². The van der Waals surface area contributed by atoms with E-state index in [0.29, 0.717) is 31.7 Å². The van der Waals surface area contributed by atoms with E-state index in [4.69, 9.17) is 0 Å². The zero-order valence-electron chi connectivity index (χ0n) is 32.0. The van der Waals surface area contributed by atoms with Gasteiger partial charge >= 0.3 is 6.03 Å². The van der Waals surface area contributed by atoms with Gasteiger partial charge in [0.05, 0.1) is 21.6 Å². The summed E-state index contributed by atoms with van der Waals surface area (Å²) in [5, 5.41) is 10.5. The highest BCUT2D eigenvalue weighted by Gasteiger charge is 2.70. The van der Waals surface area contributed by atoms with E-state index >= 15 is 0 Å². The molecule has 4 aliphatic rings. The Balaban J connectivity index is 1.57. The monoisotopic (exact) mass is 721 g/mol. The number of nitrogens with one attached hydrogen (secondary N) is 4. The van der Waals surface area contributed by atoms with Crippen LogP contribution in [-0.2, 0) is 29.0 Å². The van der Waals surface area contributed by atoms with Crippen LogP contribution in [-0.4, -0.2) is 89.6 Å². The van der Waals surface area contributed by atoms with E-state index in [1.807, 2.05) is 20.8 Å². The Kier molecular flexibility index (Phi) is 11.5. The molecule has 0 aromatic rings. The Morgan fingerprint density at radius 3 is 2.04 bits per heavy atom. The molecular formula is C37H63N5O7S. The van der Waals surface area contributed by atoms with Crippen LogP contribution in [0.2, 0.25) is 0 Å². The van der Waals surface area contributed by atoms with Crippen molar-refractivity contribution in [2.24, 2.45) is 28.6 Å². The lowest BCUT2D eigenvalue weighted by Crippen LogP contribution is -2.66. The fourth-order valence-corrected chi connectivity index (χ4v) is 10.4. The van der Waals surface area contributed by atoms with Crippen molar-refractivity contribution in [1.82, 2.24) is 26.2 Å². The maximum absolute atomic E-state index is 14.5. The van der Waals surface area contributed by atoms with Crippen LogP contribution in [0.3, 0.4) is 0 Å². The van der Waals surface area contributed by atoms with Crippen LogP contribution >= 0.6 is 0 Å². The average Bonchev–Trinajstić information content (AvgIpc) is 3.88. The highest BCUT2D eigenvalue weighted by atomic mass is 32.2. The molecule has 3 aliphatic carbocycles. The molecule has 1 aliphatic heterocycles. The molecule has 3 saturated carbocycles. The number of hydrogen-bond acceptors (Lipinski definition) is 7. The average molecular weight is 722 g/mol. The fourth-order valence-electron chi connectivity index (χ4n) is 8.40. The van der Waals surface area contributed by atoms with Crippen LogP contribution in [0.5, 0.6) is 0 Å². The summed E-state index contributed by atoms with van der Waals surface area (Å²) in [4.78, 5) is 69.8. The Morgan fingerprint density at radius 2 is 1.52 bits per heavy atom. The topological polar surface area (TPSA) is 171 Å². The number of carbonyl (C=O) groups is 5. The lowest BCUT2D eigenvalue weighted by molar-refractivity contribution is -0.145. The molecule has 50 heavy (non-hydrogen) atoms. The molecule has 12 nitrogen and oxygen atoms in total. The first-order chi connectivity index (χ1) is 23.0. The van der Waals surface area contributed by atoms with E-state index in [2.05, 4.69) is 35.1 Å². The fraction of sp³-hybridized carbons (Fsp3) is 0.865. The Hall–Kier alpha value is -2.70. The third-order valence-corrected chi connectivity index (χ3v) is 15.2. The molecule has 6 atom stereocenters. The van der Waals surface area contributed by atoms with Crippen molar-refractivity contribution < 1.29 is 32.4 Å². The number of ketones is 1. The van der Waals surface area contributed by atoms with Gasteiger partial charge in [-0.15, -0.1) is 0 Å². The summed E-state index contributed by atoms with van der Waals surface area (Å²) in [6.45, 7) is 18.7. The Bertz CT molecular complexity index is 1440. The summed E-state index contributed by atoms with van der Waals surface area (Å²) in [6.07, 6.45) is 6.73. The van der Waals surface area contributed by atoms with Crippen LogP contribution < -0.4 is 21.3 Å². The molecule has 4 N–H and O–H groups in total. The molecule has 13 heteroatoms. The number of sulfone groups is 1. The van der Waals surface area contributed by atoms with E-state index in [1.54, 1.807) is 39.5 Å². The van der Waals surface area contributed by atoms with Crippen LogP contribution in [0.1, 0.15) is 127 Å². The smallest absolute Gasteiger partial charge is 0.315 e. The van der Waals surface area contributed by atoms with E-state index in [9.17, 15) is 32.4 Å². The molecule has 0 spiro atoms. The van der Waals surface area contributed by atoms with Gasteiger partial charge < -0.3 is 26.2 Å². The second-order valence-corrected chi connectivity index (χ2v) is 21.1. The molecule has 0 unspecified atom stereocenters. The first-order valence-corrected chi connectivity index (χ1v) is 20.3. The number of Topliss-reactive ketones (excluding diaryl/α,β-unsaturated/α-hetero) is 1. The van der Waals surface area contributed by atoms with Crippen molar-refractivity contribution in [3.05, 3.63) is 0 Å². The molecule has 4 rings (SSSR count). The number of likely N-dealkylation sites (tertiary alicyclic amines) is 1.